The van der Waals surface area contributed by atoms with Crippen LogP contribution < -0.4 is 5.32 Å². The molecule has 3 rings (SSSR count). The molecule has 0 aromatic heterocycles. The van der Waals surface area contributed by atoms with Gasteiger partial charge in [0.1, 0.15) is 0 Å². The van der Waals surface area contributed by atoms with E-state index in [0.29, 0.717) is 6.04 Å². The molecule has 2 unspecified atom stereocenters. The number of carbonyl (C=O) groups excluding carboxylic acids is 1. The number of hydrogen-bond donors (Lipinski definition) is 3. The van der Waals surface area contributed by atoms with Gasteiger partial charge in [0, 0.05) is 18.6 Å². The zero-order valence-electron chi connectivity index (χ0n) is 11.4. The molecule has 0 bridgehead atoms. The van der Waals surface area contributed by atoms with E-state index in [0.717, 1.165) is 25.9 Å². The molecular weight excluding hydrogens is 256 g/mol. The van der Waals surface area contributed by atoms with Crippen molar-refractivity contribution in [1.82, 2.24) is 10.2 Å². The summed E-state index contributed by atoms with van der Waals surface area (Å²) in [7, 11) is 0. The van der Waals surface area contributed by atoms with Gasteiger partial charge in [0.15, 0.2) is 11.5 Å². The maximum Gasteiger partial charge on any atom is 0.255 e. The summed E-state index contributed by atoms with van der Waals surface area (Å²) in [5, 5.41) is 22.2. The summed E-state index contributed by atoms with van der Waals surface area (Å²) < 4.78 is 0. The minimum Gasteiger partial charge on any atom is -0.504 e. The Morgan fingerprint density at radius 1 is 1.20 bits per heavy atom. The Balaban J connectivity index is 1.71. The van der Waals surface area contributed by atoms with Crippen LogP contribution in [0.5, 0.6) is 11.5 Å². The number of phenols is 2. The van der Waals surface area contributed by atoms with Crippen LogP contribution in [0.25, 0.3) is 0 Å². The molecule has 2 heterocycles. The molecule has 2 atom stereocenters. The average Bonchev–Trinajstić information content (AvgIpc) is 2.85. The molecule has 2 fully saturated rings. The second-order valence-electron chi connectivity index (χ2n) is 5.64. The number of fused-ring (bicyclic) bond motifs is 1. The van der Waals surface area contributed by atoms with Crippen LogP contribution in [-0.2, 0) is 0 Å². The summed E-state index contributed by atoms with van der Waals surface area (Å²) in [6.07, 6.45) is 4.53. The lowest BCUT2D eigenvalue weighted by Crippen LogP contribution is -2.46. The Labute approximate surface area is 118 Å². The highest BCUT2D eigenvalue weighted by molar-refractivity contribution is 5.97. The highest BCUT2D eigenvalue weighted by Gasteiger charge is 2.36. The van der Waals surface area contributed by atoms with E-state index < -0.39 is 0 Å². The molecular formula is C15H20N2O3. The molecule has 0 aliphatic carbocycles. The Morgan fingerprint density at radius 2 is 2.05 bits per heavy atom. The summed E-state index contributed by atoms with van der Waals surface area (Å²) in [5.74, 6) is -0.914. The van der Waals surface area contributed by atoms with Crippen LogP contribution in [0.3, 0.4) is 0 Å². The molecule has 0 radical (unpaired) electrons. The monoisotopic (exact) mass is 276 g/mol. The van der Waals surface area contributed by atoms with E-state index in [1.54, 1.807) is 6.07 Å². The summed E-state index contributed by atoms with van der Waals surface area (Å²) >= 11 is 0. The Morgan fingerprint density at radius 3 is 2.90 bits per heavy atom. The first-order valence-electron chi connectivity index (χ1n) is 7.22. The van der Waals surface area contributed by atoms with Gasteiger partial charge in [-0.1, -0.05) is 12.5 Å². The van der Waals surface area contributed by atoms with Gasteiger partial charge in [0.2, 0.25) is 0 Å². The largest absolute Gasteiger partial charge is 0.504 e. The molecule has 0 saturated carbocycles. The maximum atomic E-state index is 12.2. The topological polar surface area (TPSA) is 72.8 Å². The first kappa shape index (κ1) is 13.2. The van der Waals surface area contributed by atoms with Crippen molar-refractivity contribution in [3.8, 4) is 11.5 Å². The van der Waals surface area contributed by atoms with Crippen molar-refractivity contribution in [3.63, 3.8) is 0 Å². The minimum atomic E-state index is -0.344. The van der Waals surface area contributed by atoms with E-state index in [1.165, 1.54) is 25.0 Å². The number of benzene rings is 1. The number of hydrogen-bond acceptors (Lipinski definition) is 4. The van der Waals surface area contributed by atoms with Crippen molar-refractivity contribution in [3.05, 3.63) is 23.8 Å². The van der Waals surface area contributed by atoms with Crippen LogP contribution >= 0.6 is 0 Å². The van der Waals surface area contributed by atoms with Crippen LogP contribution in [0, 0.1) is 0 Å². The summed E-state index contributed by atoms with van der Waals surface area (Å²) in [6, 6.07) is 5.02. The highest BCUT2D eigenvalue weighted by Crippen LogP contribution is 2.30. The highest BCUT2D eigenvalue weighted by atomic mass is 16.3. The van der Waals surface area contributed by atoms with Gasteiger partial charge in [-0.15, -0.1) is 0 Å². The van der Waals surface area contributed by atoms with Crippen LogP contribution in [0.4, 0.5) is 0 Å². The van der Waals surface area contributed by atoms with Gasteiger partial charge < -0.3 is 15.5 Å². The Bertz CT molecular complexity index is 518. The number of nitrogens with one attached hydrogen (secondary N) is 1. The van der Waals surface area contributed by atoms with Gasteiger partial charge in [0.25, 0.3) is 5.91 Å². The summed E-state index contributed by atoms with van der Waals surface area (Å²) in [4.78, 5) is 14.7. The van der Waals surface area contributed by atoms with E-state index in [4.69, 9.17) is 0 Å². The summed E-state index contributed by atoms with van der Waals surface area (Å²) in [6.45, 7) is 2.15. The number of rotatable bonds is 2. The molecule has 5 nitrogen and oxygen atoms in total. The van der Waals surface area contributed by atoms with Crippen molar-refractivity contribution >= 4 is 5.91 Å². The van der Waals surface area contributed by atoms with Crippen molar-refractivity contribution in [1.29, 1.82) is 0 Å². The van der Waals surface area contributed by atoms with E-state index in [9.17, 15) is 15.0 Å². The number of phenolic OH excluding ortho intramolecular Hbond substituents is 2. The number of carbonyl (C=O) groups is 1. The zero-order valence-corrected chi connectivity index (χ0v) is 11.4. The van der Waals surface area contributed by atoms with Crippen molar-refractivity contribution in [2.45, 2.75) is 37.8 Å². The zero-order chi connectivity index (χ0) is 14.1. The quantitative estimate of drug-likeness (QED) is 0.715. The SMILES string of the molecule is O=C(NC1CCN2CCCCC12)c1cccc(O)c1O. The molecule has 3 N–H and O–H groups in total. The normalized spacial score (nSPS) is 26.2. The van der Waals surface area contributed by atoms with Crippen molar-refractivity contribution in [2.24, 2.45) is 0 Å². The number of amides is 1. The van der Waals surface area contributed by atoms with Crippen molar-refractivity contribution in [2.75, 3.05) is 13.1 Å². The molecule has 2 aliphatic rings. The second-order valence-corrected chi connectivity index (χ2v) is 5.64. The van der Waals surface area contributed by atoms with Crippen LogP contribution in [0.15, 0.2) is 18.2 Å². The Hall–Kier alpha value is -1.75. The van der Waals surface area contributed by atoms with Crippen molar-refractivity contribution < 1.29 is 15.0 Å². The van der Waals surface area contributed by atoms with Crippen LogP contribution in [-0.4, -0.2) is 46.2 Å². The standard InChI is InChI=1S/C15H20N2O3/c18-13-6-3-4-10(14(13)19)15(20)16-11-7-9-17-8-2-1-5-12(11)17/h3-4,6,11-12,18-19H,1-2,5,7-9H2,(H,16,20). The third-order valence-electron chi connectivity index (χ3n) is 4.43. The molecule has 20 heavy (non-hydrogen) atoms. The lowest BCUT2D eigenvalue weighted by Gasteiger charge is -2.32. The van der Waals surface area contributed by atoms with Crippen LogP contribution in [0.2, 0.25) is 0 Å². The predicted molar refractivity (Wildman–Crippen MR) is 74.9 cm³/mol. The first-order valence-corrected chi connectivity index (χ1v) is 7.22. The van der Waals surface area contributed by atoms with E-state index in [2.05, 4.69) is 10.2 Å². The molecule has 1 aromatic carbocycles. The number of para-hydroxylation sites is 1. The van der Waals surface area contributed by atoms with Gasteiger partial charge in [-0.25, -0.2) is 0 Å². The van der Waals surface area contributed by atoms with Gasteiger partial charge in [0.05, 0.1) is 5.56 Å². The van der Waals surface area contributed by atoms with Gasteiger partial charge in [-0.05, 0) is 37.9 Å². The minimum absolute atomic E-state index is 0.138. The lowest BCUT2D eigenvalue weighted by atomic mass is 9.98. The molecule has 2 saturated heterocycles. The van der Waals surface area contributed by atoms with E-state index >= 15 is 0 Å². The third kappa shape index (κ3) is 2.33. The second kappa shape index (κ2) is 5.32. The van der Waals surface area contributed by atoms with Gasteiger partial charge >= 0.3 is 0 Å². The molecule has 0 spiro atoms. The fourth-order valence-electron chi connectivity index (χ4n) is 3.38. The smallest absolute Gasteiger partial charge is 0.255 e. The van der Waals surface area contributed by atoms with Gasteiger partial charge in [-0.3, -0.25) is 9.69 Å². The summed E-state index contributed by atoms with van der Waals surface area (Å²) in [5.41, 5.74) is 0.138. The molecule has 5 heteroatoms. The fourth-order valence-corrected chi connectivity index (χ4v) is 3.38. The number of piperidine rings is 1. The molecule has 108 valence electrons. The lowest BCUT2D eigenvalue weighted by molar-refractivity contribution is 0.0912. The fraction of sp³-hybridized carbons (Fsp3) is 0.533. The Kier molecular flexibility index (Phi) is 3.53. The van der Waals surface area contributed by atoms with Gasteiger partial charge in [-0.2, -0.15) is 0 Å². The van der Waals surface area contributed by atoms with E-state index in [1.807, 2.05) is 0 Å². The molecule has 2 aliphatic heterocycles. The molecule has 1 amide bonds. The average molecular weight is 276 g/mol. The predicted octanol–water partition coefficient (Wildman–Crippen LogP) is 1.45. The maximum absolute atomic E-state index is 12.2. The first-order chi connectivity index (χ1) is 9.66. The number of aromatic hydroxyl groups is 2. The third-order valence-corrected chi connectivity index (χ3v) is 4.43. The molecule has 1 aromatic rings. The number of nitrogens with zero attached hydrogens (tertiary/aromatic N) is 1. The van der Waals surface area contributed by atoms with E-state index in [-0.39, 0.29) is 29.0 Å². The van der Waals surface area contributed by atoms with Crippen LogP contribution in [0.1, 0.15) is 36.0 Å².